The lowest BCUT2D eigenvalue weighted by molar-refractivity contribution is -0.122. The van der Waals surface area contributed by atoms with Gasteiger partial charge in [-0.1, -0.05) is 53.0 Å². The van der Waals surface area contributed by atoms with Gasteiger partial charge in [0.2, 0.25) is 0 Å². The minimum Gasteiger partial charge on any atom is -0.467 e. The first-order valence-electron chi connectivity index (χ1n) is 9.75. The van der Waals surface area contributed by atoms with Crippen LogP contribution in [0.3, 0.4) is 0 Å². The van der Waals surface area contributed by atoms with Gasteiger partial charge in [-0.05, 0) is 47.8 Å². The van der Waals surface area contributed by atoms with E-state index in [1.165, 1.54) is 11.2 Å². The molecule has 0 saturated heterocycles. The van der Waals surface area contributed by atoms with E-state index in [1.54, 1.807) is 41.8 Å². The first-order valence-corrected chi connectivity index (χ1v) is 10.6. The average Bonchev–Trinajstić information content (AvgIpc) is 3.53. The number of carbonyl (C=O) groups excluding carboxylic acids is 2. The predicted octanol–water partition coefficient (Wildman–Crippen LogP) is 3.88. The van der Waals surface area contributed by atoms with Crippen molar-refractivity contribution in [2.45, 2.75) is 12.5 Å². The van der Waals surface area contributed by atoms with E-state index in [0.29, 0.717) is 24.4 Å². The molecule has 0 spiro atoms. The highest BCUT2D eigenvalue weighted by Gasteiger charge is 2.36. The third-order valence-electron chi connectivity index (χ3n) is 4.71. The Bertz CT molecular complexity index is 1100. The van der Waals surface area contributed by atoms with Gasteiger partial charge in [0.25, 0.3) is 11.8 Å². The molecule has 0 aliphatic rings. The Balaban J connectivity index is 1.63. The van der Waals surface area contributed by atoms with Gasteiger partial charge in [-0.15, -0.1) is 5.10 Å². The van der Waals surface area contributed by atoms with Crippen molar-refractivity contribution in [1.82, 2.24) is 14.9 Å². The van der Waals surface area contributed by atoms with Gasteiger partial charge in [-0.3, -0.25) is 14.5 Å². The number of rotatable bonds is 8. The molecule has 0 aliphatic carbocycles. The summed E-state index contributed by atoms with van der Waals surface area (Å²) in [6, 6.07) is 21.3. The molecule has 1 atom stereocenters. The van der Waals surface area contributed by atoms with E-state index in [9.17, 15) is 9.59 Å². The van der Waals surface area contributed by atoms with Gasteiger partial charge >= 0.3 is 0 Å². The van der Waals surface area contributed by atoms with Crippen LogP contribution < -0.4 is 10.2 Å². The SMILES string of the molecule is O=C(NCCc1ccccc1)[C@H](c1ccco1)N(C(=O)c1csnn1)c1ccccc1. The number of anilines is 1. The van der Waals surface area contributed by atoms with Crippen LogP contribution in [0.5, 0.6) is 0 Å². The summed E-state index contributed by atoms with van der Waals surface area (Å²) in [6.45, 7) is 0.426. The summed E-state index contributed by atoms with van der Waals surface area (Å²) in [5.74, 6) is -0.413. The van der Waals surface area contributed by atoms with Crippen LogP contribution in [-0.4, -0.2) is 27.9 Å². The molecular weight excluding hydrogens is 412 g/mol. The van der Waals surface area contributed by atoms with Crippen molar-refractivity contribution in [2.24, 2.45) is 0 Å². The van der Waals surface area contributed by atoms with E-state index in [0.717, 1.165) is 17.1 Å². The van der Waals surface area contributed by atoms with Gasteiger partial charge in [0.15, 0.2) is 11.7 Å². The van der Waals surface area contributed by atoms with Crippen LogP contribution in [0.2, 0.25) is 0 Å². The highest BCUT2D eigenvalue weighted by molar-refractivity contribution is 7.03. The quantitative estimate of drug-likeness (QED) is 0.457. The van der Waals surface area contributed by atoms with Crippen LogP contribution >= 0.6 is 11.5 Å². The number of para-hydroxylation sites is 1. The lowest BCUT2D eigenvalue weighted by atomic mass is 10.1. The van der Waals surface area contributed by atoms with Gasteiger partial charge in [-0.25, -0.2) is 0 Å². The largest absolute Gasteiger partial charge is 0.467 e. The monoisotopic (exact) mass is 432 g/mol. The number of aromatic nitrogens is 2. The zero-order valence-corrected chi connectivity index (χ0v) is 17.4. The number of nitrogens with zero attached hydrogens (tertiary/aromatic N) is 3. The molecule has 0 saturated carbocycles. The number of furan rings is 1. The average molecular weight is 433 g/mol. The minimum atomic E-state index is -0.998. The molecule has 2 aromatic carbocycles. The van der Waals surface area contributed by atoms with Crippen LogP contribution in [0.25, 0.3) is 0 Å². The Hall–Kier alpha value is -3.78. The van der Waals surface area contributed by atoms with Crippen molar-refractivity contribution in [3.05, 3.63) is 101 Å². The Kier molecular flexibility index (Phi) is 6.49. The minimum absolute atomic E-state index is 0.169. The van der Waals surface area contributed by atoms with Crippen molar-refractivity contribution >= 4 is 29.0 Å². The molecule has 0 bridgehead atoms. The maximum absolute atomic E-state index is 13.4. The molecular formula is C23H20N4O3S. The van der Waals surface area contributed by atoms with Crippen LogP contribution in [-0.2, 0) is 11.2 Å². The predicted molar refractivity (Wildman–Crippen MR) is 118 cm³/mol. The van der Waals surface area contributed by atoms with E-state index in [4.69, 9.17) is 4.42 Å². The molecule has 2 amide bonds. The fourth-order valence-electron chi connectivity index (χ4n) is 3.25. The molecule has 31 heavy (non-hydrogen) atoms. The maximum atomic E-state index is 13.4. The second-order valence-corrected chi connectivity index (χ2v) is 7.36. The first kappa shape index (κ1) is 20.5. The lowest BCUT2D eigenvalue weighted by Crippen LogP contribution is -2.44. The van der Waals surface area contributed by atoms with Gasteiger partial charge in [0.1, 0.15) is 5.76 Å². The van der Waals surface area contributed by atoms with Crippen molar-refractivity contribution in [3.63, 3.8) is 0 Å². The molecule has 0 fully saturated rings. The molecule has 4 rings (SSSR count). The Labute approximate surface area is 183 Å². The molecule has 0 aliphatic heterocycles. The van der Waals surface area contributed by atoms with E-state index in [1.807, 2.05) is 36.4 Å². The molecule has 2 aromatic heterocycles. The van der Waals surface area contributed by atoms with Crippen molar-refractivity contribution < 1.29 is 14.0 Å². The number of hydrogen-bond donors (Lipinski definition) is 1. The zero-order chi connectivity index (χ0) is 21.5. The van der Waals surface area contributed by atoms with Crippen molar-refractivity contribution in [2.75, 3.05) is 11.4 Å². The first-order chi connectivity index (χ1) is 15.2. The Morgan fingerprint density at radius 2 is 1.74 bits per heavy atom. The van der Waals surface area contributed by atoms with E-state index in [-0.39, 0.29) is 11.6 Å². The zero-order valence-electron chi connectivity index (χ0n) is 16.5. The smallest absolute Gasteiger partial charge is 0.280 e. The van der Waals surface area contributed by atoms with Gasteiger partial charge in [0, 0.05) is 17.6 Å². The summed E-state index contributed by atoms with van der Waals surface area (Å²) in [5, 5.41) is 8.41. The van der Waals surface area contributed by atoms with E-state index < -0.39 is 11.9 Å². The van der Waals surface area contributed by atoms with Gasteiger partial charge in [-0.2, -0.15) is 0 Å². The lowest BCUT2D eigenvalue weighted by Gasteiger charge is -2.29. The highest BCUT2D eigenvalue weighted by Crippen LogP contribution is 2.29. The summed E-state index contributed by atoms with van der Waals surface area (Å²) in [5.41, 5.74) is 1.84. The van der Waals surface area contributed by atoms with Crippen molar-refractivity contribution in [3.8, 4) is 0 Å². The summed E-state index contributed by atoms with van der Waals surface area (Å²) >= 11 is 1.08. The number of amides is 2. The van der Waals surface area contributed by atoms with Gasteiger partial charge in [0.05, 0.1) is 6.26 Å². The molecule has 0 unspecified atom stereocenters. The Morgan fingerprint density at radius 3 is 2.39 bits per heavy atom. The summed E-state index contributed by atoms with van der Waals surface area (Å²) in [7, 11) is 0. The van der Waals surface area contributed by atoms with Crippen LogP contribution in [0, 0.1) is 0 Å². The highest BCUT2D eigenvalue weighted by atomic mass is 32.1. The number of carbonyl (C=O) groups is 2. The third kappa shape index (κ3) is 4.87. The standard InChI is InChI=1S/C23H20N4O3S/c28-22(24-14-13-17-8-3-1-4-9-17)21(20-12-7-15-30-20)27(18-10-5-2-6-11-18)23(29)19-16-31-26-25-19/h1-12,15-16,21H,13-14H2,(H,24,28)/t21-/m0/s1. The van der Waals surface area contributed by atoms with Crippen LogP contribution in [0.1, 0.15) is 27.9 Å². The number of nitrogens with one attached hydrogen (secondary N) is 1. The fourth-order valence-corrected chi connectivity index (χ4v) is 3.68. The molecule has 2 heterocycles. The third-order valence-corrected chi connectivity index (χ3v) is 5.21. The second-order valence-electron chi connectivity index (χ2n) is 6.75. The molecule has 7 nitrogen and oxygen atoms in total. The number of benzene rings is 2. The van der Waals surface area contributed by atoms with E-state index >= 15 is 0 Å². The summed E-state index contributed by atoms with van der Waals surface area (Å²) < 4.78 is 9.35. The Morgan fingerprint density at radius 1 is 1.00 bits per heavy atom. The van der Waals surface area contributed by atoms with Gasteiger partial charge < -0.3 is 9.73 Å². The van der Waals surface area contributed by atoms with Crippen LogP contribution in [0.15, 0.2) is 88.9 Å². The van der Waals surface area contributed by atoms with E-state index in [2.05, 4.69) is 14.9 Å². The normalized spacial score (nSPS) is 11.6. The molecule has 8 heteroatoms. The molecule has 156 valence electrons. The summed E-state index contributed by atoms with van der Waals surface area (Å²) in [4.78, 5) is 28.1. The van der Waals surface area contributed by atoms with Crippen LogP contribution in [0.4, 0.5) is 5.69 Å². The molecule has 1 N–H and O–H groups in total. The fraction of sp³-hybridized carbons (Fsp3) is 0.130. The molecule has 0 radical (unpaired) electrons. The second kappa shape index (κ2) is 9.82. The summed E-state index contributed by atoms with van der Waals surface area (Å²) in [6.07, 6.45) is 2.16. The van der Waals surface area contributed by atoms with Crippen molar-refractivity contribution in [1.29, 1.82) is 0 Å². The topological polar surface area (TPSA) is 88.3 Å². The molecule has 4 aromatic rings. The maximum Gasteiger partial charge on any atom is 0.280 e. The number of hydrogen-bond acceptors (Lipinski definition) is 6.